The van der Waals surface area contributed by atoms with Crippen molar-refractivity contribution < 1.29 is 13.7 Å². The van der Waals surface area contributed by atoms with Gasteiger partial charge in [0.15, 0.2) is 24.0 Å². The molecule has 0 spiro atoms. The molecule has 0 aliphatic carbocycles. The minimum absolute atomic E-state index is 0.0485. The third-order valence-electron chi connectivity index (χ3n) is 2.78. The summed E-state index contributed by atoms with van der Waals surface area (Å²) >= 11 is 0. The molecule has 2 rings (SSSR count). The van der Waals surface area contributed by atoms with Gasteiger partial charge in [-0.1, -0.05) is 25.1 Å². The summed E-state index contributed by atoms with van der Waals surface area (Å²) in [6.07, 6.45) is 0.638. The first kappa shape index (κ1) is 14.5. The summed E-state index contributed by atoms with van der Waals surface area (Å²) in [6.45, 7) is 4.46. The number of nitrogens with two attached hydrogens (primary N) is 1. The maximum Gasteiger partial charge on any atom is 0.264 e. The molecule has 1 aromatic carbocycles. The van der Waals surface area contributed by atoms with Crippen LogP contribution in [-0.2, 0) is 13.0 Å². The Morgan fingerprint density at radius 2 is 2.20 bits per heavy atom. The molecule has 0 aliphatic rings. The molecule has 0 saturated heterocycles. The molecule has 1 heterocycles. The van der Waals surface area contributed by atoms with Gasteiger partial charge in [-0.2, -0.15) is 4.98 Å². The molecule has 5 nitrogen and oxygen atoms in total. The van der Waals surface area contributed by atoms with Crippen LogP contribution in [0.15, 0.2) is 22.7 Å². The summed E-state index contributed by atoms with van der Waals surface area (Å²) in [5, 5.41) is 3.82. The van der Waals surface area contributed by atoms with Crippen LogP contribution in [0, 0.1) is 5.82 Å². The number of rotatable bonds is 6. The van der Waals surface area contributed by atoms with Gasteiger partial charge in [-0.25, -0.2) is 4.39 Å². The van der Waals surface area contributed by atoms with E-state index in [2.05, 4.69) is 10.1 Å². The molecular formula is C14H18FN3O2. The maximum atomic E-state index is 13.8. The number of ether oxygens (including phenoxy) is 1. The van der Waals surface area contributed by atoms with Crippen molar-refractivity contribution in [3.05, 3.63) is 41.3 Å². The number of halogens is 1. The Morgan fingerprint density at radius 3 is 2.80 bits per heavy atom. The zero-order chi connectivity index (χ0) is 14.5. The van der Waals surface area contributed by atoms with Crippen LogP contribution in [0.1, 0.15) is 37.0 Å². The smallest absolute Gasteiger partial charge is 0.264 e. The number of benzene rings is 1. The van der Waals surface area contributed by atoms with Crippen molar-refractivity contribution in [3.63, 3.8) is 0 Å². The van der Waals surface area contributed by atoms with E-state index < -0.39 is 5.82 Å². The second-order valence-electron chi connectivity index (χ2n) is 4.79. The van der Waals surface area contributed by atoms with E-state index in [0.29, 0.717) is 24.7 Å². The Labute approximate surface area is 116 Å². The van der Waals surface area contributed by atoms with E-state index in [0.717, 1.165) is 5.56 Å². The predicted octanol–water partition coefficient (Wildman–Crippen LogP) is 2.41. The lowest BCUT2D eigenvalue weighted by Crippen LogP contribution is -2.04. The van der Waals surface area contributed by atoms with Gasteiger partial charge < -0.3 is 15.0 Å². The lowest BCUT2D eigenvalue weighted by Gasteiger charge is -2.06. The van der Waals surface area contributed by atoms with Gasteiger partial charge in [0.2, 0.25) is 0 Å². The average molecular weight is 279 g/mol. The monoisotopic (exact) mass is 279 g/mol. The molecule has 0 saturated carbocycles. The summed E-state index contributed by atoms with van der Waals surface area (Å²) in [5.41, 5.74) is 6.27. The van der Waals surface area contributed by atoms with Crippen molar-refractivity contribution in [2.45, 2.75) is 32.8 Å². The molecule has 2 N–H and O–H groups in total. The quantitative estimate of drug-likeness (QED) is 0.879. The third-order valence-corrected chi connectivity index (χ3v) is 2.78. The van der Waals surface area contributed by atoms with Gasteiger partial charge in [0.1, 0.15) is 0 Å². The molecule has 0 unspecified atom stereocenters. The predicted molar refractivity (Wildman–Crippen MR) is 71.9 cm³/mol. The topological polar surface area (TPSA) is 74.2 Å². The van der Waals surface area contributed by atoms with Gasteiger partial charge in [-0.3, -0.25) is 0 Å². The second kappa shape index (κ2) is 6.47. The van der Waals surface area contributed by atoms with Gasteiger partial charge in [-0.05, 0) is 30.7 Å². The average Bonchev–Trinajstić information content (AvgIpc) is 2.87. The molecule has 108 valence electrons. The highest BCUT2D eigenvalue weighted by atomic mass is 19.1. The van der Waals surface area contributed by atoms with Crippen molar-refractivity contribution >= 4 is 0 Å². The number of hydrogen-bond acceptors (Lipinski definition) is 5. The highest BCUT2D eigenvalue weighted by molar-refractivity contribution is 5.29. The van der Waals surface area contributed by atoms with E-state index in [-0.39, 0.29) is 18.3 Å². The van der Waals surface area contributed by atoms with Crippen molar-refractivity contribution in [3.8, 4) is 5.75 Å². The normalized spacial score (nSPS) is 11.1. The van der Waals surface area contributed by atoms with E-state index in [9.17, 15) is 4.39 Å². The molecule has 0 bridgehead atoms. The van der Waals surface area contributed by atoms with E-state index in [1.165, 1.54) is 6.07 Å². The van der Waals surface area contributed by atoms with Crippen LogP contribution < -0.4 is 10.5 Å². The molecule has 20 heavy (non-hydrogen) atoms. The van der Waals surface area contributed by atoms with Crippen LogP contribution >= 0.6 is 0 Å². The van der Waals surface area contributed by atoms with Gasteiger partial charge in [0.25, 0.3) is 5.89 Å². The first-order chi connectivity index (χ1) is 9.60. The molecule has 0 fully saturated rings. The summed E-state index contributed by atoms with van der Waals surface area (Å²) in [6, 6.07) is 4.80. The second-order valence-corrected chi connectivity index (χ2v) is 4.79. The van der Waals surface area contributed by atoms with Crippen molar-refractivity contribution in [1.29, 1.82) is 0 Å². The summed E-state index contributed by atoms with van der Waals surface area (Å²) < 4.78 is 24.1. The minimum atomic E-state index is -0.417. The standard InChI is InChI=1S/C14H18FN3O2/c1-9(2)14-17-13(20-18-14)8-19-12-4-3-10(5-6-16)7-11(12)15/h3-4,7,9H,5-6,8,16H2,1-2H3. The Bertz CT molecular complexity index is 569. The zero-order valence-electron chi connectivity index (χ0n) is 11.6. The van der Waals surface area contributed by atoms with E-state index in [1.807, 2.05) is 13.8 Å². The lowest BCUT2D eigenvalue weighted by molar-refractivity contribution is 0.234. The Hall–Kier alpha value is -1.95. The van der Waals surface area contributed by atoms with Crippen molar-refractivity contribution in [1.82, 2.24) is 10.1 Å². The lowest BCUT2D eigenvalue weighted by atomic mass is 10.1. The minimum Gasteiger partial charge on any atom is -0.481 e. The van der Waals surface area contributed by atoms with Crippen LogP contribution in [0.2, 0.25) is 0 Å². The fourth-order valence-corrected chi connectivity index (χ4v) is 1.68. The fraction of sp³-hybridized carbons (Fsp3) is 0.429. The fourth-order valence-electron chi connectivity index (χ4n) is 1.68. The molecule has 0 atom stereocenters. The molecule has 1 aromatic heterocycles. The van der Waals surface area contributed by atoms with Gasteiger partial charge >= 0.3 is 0 Å². The first-order valence-corrected chi connectivity index (χ1v) is 6.54. The largest absolute Gasteiger partial charge is 0.481 e. The SMILES string of the molecule is CC(C)c1noc(COc2ccc(CCN)cc2F)n1. The molecular weight excluding hydrogens is 261 g/mol. The Kier molecular flexibility index (Phi) is 4.68. The van der Waals surface area contributed by atoms with Crippen molar-refractivity contribution in [2.24, 2.45) is 5.73 Å². The summed E-state index contributed by atoms with van der Waals surface area (Å²) in [4.78, 5) is 4.16. The van der Waals surface area contributed by atoms with Crippen molar-refractivity contribution in [2.75, 3.05) is 6.54 Å². The summed E-state index contributed by atoms with van der Waals surface area (Å²) in [7, 11) is 0. The third kappa shape index (κ3) is 3.54. The number of aromatic nitrogens is 2. The van der Waals surface area contributed by atoms with Crippen LogP contribution in [0.4, 0.5) is 4.39 Å². The molecule has 6 heteroatoms. The highest BCUT2D eigenvalue weighted by Gasteiger charge is 2.11. The Balaban J connectivity index is 1.99. The first-order valence-electron chi connectivity index (χ1n) is 6.54. The zero-order valence-corrected chi connectivity index (χ0v) is 11.6. The van der Waals surface area contributed by atoms with Gasteiger partial charge in [0.05, 0.1) is 0 Å². The number of nitrogens with zero attached hydrogens (tertiary/aromatic N) is 2. The molecule has 0 aliphatic heterocycles. The van der Waals surface area contributed by atoms with Crippen LogP contribution in [0.25, 0.3) is 0 Å². The van der Waals surface area contributed by atoms with Crippen LogP contribution in [0.3, 0.4) is 0 Å². The maximum absolute atomic E-state index is 13.8. The molecule has 0 amide bonds. The highest BCUT2D eigenvalue weighted by Crippen LogP contribution is 2.20. The van der Waals surface area contributed by atoms with E-state index in [4.69, 9.17) is 15.0 Å². The van der Waals surface area contributed by atoms with E-state index in [1.54, 1.807) is 12.1 Å². The van der Waals surface area contributed by atoms with E-state index >= 15 is 0 Å². The van der Waals surface area contributed by atoms with Gasteiger partial charge in [-0.15, -0.1) is 0 Å². The van der Waals surface area contributed by atoms with Crippen LogP contribution in [0.5, 0.6) is 5.75 Å². The van der Waals surface area contributed by atoms with Gasteiger partial charge in [0, 0.05) is 5.92 Å². The Morgan fingerprint density at radius 1 is 1.40 bits per heavy atom. The summed E-state index contributed by atoms with van der Waals surface area (Å²) in [5.74, 6) is 0.871. The molecule has 0 radical (unpaired) electrons. The molecule has 2 aromatic rings. The number of hydrogen-bond donors (Lipinski definition) is 1. The van der Waals surface area contributed by atoms with Crippen LogP contribution in [-0.4, -0.2) is 16.7 Å².